The van der Waals surface area contributed by atoms with Crippen molar-refractivity contribution >= 4 is 28.7 Å². The lowest BCUT2D eigenvalue weighted by atomic mass is 10.0. The second-order valence-electron chi connectivity index (χ2n) is 5.60. The molecule has 3 aromatic rings. The summed E-state index contributed by atoms with van der Waals surface area (Å²) in [5.41, 5.74) is 1.95. The Hall–Kier alpha value is -3.40. The first-order chi connectivity index (χ1) is 12.3. The van der Waals surface area contributed by atoms with Crippen molar-refractivity contribution in [3.63, 3.8) is 0 Å². The van der Waals surface area contributed by atoms with Gasteiger partial charge < -0.3 is 9.47 Å². The maximum atomic E-state index is 12.2. The highest BCUT2D eigenvalue weighted by Crippen LogP contribution is 2.30. The van der Waals surface area contributed by atoms with E-state index in [1.807, 2.05) is 66.7 Å². The summed E-state index contributed by atoms with van der Waals surface area (Å²) < 4.78 is 10.7. The Labute approximate surface area is 145 Å². The molecule has 4 rings (SSSR count). The number of carbonyl (C=O) groups excluding carboxylic acids is 1. The van der Waals surface area contributed by atoms with Crippen LogP contribution in [0.4, 0.5) is 0 Å². The average molecular weight is 329 g/mol. The van der Waals surface area contributed by atoms with E-state index in [0.29, 0.717) is 5.90 Å². The summed E-state index contributed by atoms with van der Waals surface area (Å²) >= 11 is 0. The van der Waals surface area contributed by atoms with Crippen LogP contribution in [0.1, 0.15) is 11.1 Å². The third-order valence-corrected chi connectivity index (χ3v) is 4.07. The monoisotopic (exact) mass is 329 g/mol. The standard InChI is InChI=1S/C21H15NO3/c1-24-19-12-11-15(16-9-5-6-10-17(16)19)13-18-21(23)25-20(22-18)14-7-3-2-4-8-14/h2-13H,1H3. The van der Waals surface area contributed by atoms with E-state index in [1.54, 1.807) is 13.2 Å². The van der Waals surface area contributed by atoms with Gasteiger partial charge in [0.15, 0.2) is 5.70 Å². The number of rotatable bonds is 3. The molecule has 4 nitrogen and oxygen atoms in total. The van der Waals surface area contributed by atoms with Gasteiger partial charge in [0.2, 0.25) is 5.90 Å². The predicted molar refractivity (Wildman–Crippen MR) is 97.5 cm³/mol. The van der Waals surface area contributed by atoms with Gasteiger partial charge in [0.25, 0.3) is 0 Å². The van der Waals surface area contributed by atoms with E-state index in [-0.39, 0.29) is 5.70 Å². The minimum Gasteiger partial charge on any atom is -0.496 e. The van der Waals surface area contributed by atoms with Crippen molar-refractivity contribution in [1.82, 2.24) is 0 Å². The van der Waals surface area contributed by atoms with E-state index in [0.717, 1.165) is 27.6 Å². The zero-order valence-electron chi connectivity index (χ0n) is 13.6. The Bertz CT molecular complexity index is 1020. The van der Waals surface area contributed by atoms with Gasteiger partial charge in [-0.25, -0.2) is 9.79 Å². The second-order valence-corrected chi connectivity index (χ2v) is 5.60. The lowest BCUT2D eigenvalue weighted by Gasteiger charge is -2.07. The topological polar surface area (TPSA) is 47.9 Å². The summed E-state index contributed by atoms with van der Waals surface area (Å²) in [6, 6.07) is 21.1. The van der Waals surface area contributed by atoms with Gasteiger partial charge in [-0.15, -0.1) is 0 Å². The largest absolute Gasteiger partial charge is 0.496 e. The summed E-state index contributed by atoms with van der Waals surface area (Å²) in [6.07, 6.45) is 1.75. The fraction of sp³-hybridized carbons (Fsp3) is 0.0476. The van der Waals surface area contributed by atoms with Crippen LogP contribution in [-0.2, 0) is 9.53 Å². The fourth-order valence-electron chi connectivity index (χ4n) is 2.86. The first kappa shape index (κ1) is 15.1. The molecule has 1 aliphatic rings. The normalized spacial score (nSPS) is 15.3. The van der Waals surface area contributed by atoms with E-state index in [1.165, 1.54) is 0 Å². The molecule has 0 aromatic heterocycles. The number of fused-ring (bicyclic) bond motifs is 1. The third kappa shape index (κ3) is 2.78. The summed E-state index contributed by atoms with van der Waals surface area (Å²) in [5, 5.41) is 1.98. The average Bonchev–Trinajstić information content (AvgIpc) is 3.03. The third-order valence-electron chi connectivity index (χ3n) is 4.07. The number of esters is 1. The molecule has 0 saturated carbocycles. The molecule has 0 amide bonds. The molecule has 0 radical (unpaired) electrons. The van der Waals surface area contributed by atoms with Gasteiger partial charge in [-0.3, -0.25) is 0 Å². The lowest BCUT2D eigenvalue weighted by Crippen LogP contribution is -2.04. The number of ether oxygens (including phenoxy) is 2. The van der Waals surface area contributed by atoms with Crippen LogP contribution in [0.5, 0.6) is 5.75 Å². The first-order valence-corrected chi connectivity index (χ1v) is 7.90. The minimum atomic E-state index is -0.446. The summed E-state index contributed by atoms with van der Waals surface area (Å²) in [4.78, 5) is 16.6. The fourth-order valence-corrected chi connectivity index (χ4v) is 2.86. The highest BCUT2D eigenvalue weighted by molar-refractivity contribution is 6.13. The molecule has 0 spiro atoms. The number of cyclic esters (lactones) is 1. The predicted octanol–water partition coefficient (Wildman–Crippen LogP) is 4.19. The van der Waals surface area contributed by atoms with Crippen LogP contribution in [0.2, 0.25) is 0 Å². The smallest absolute Gasteiger partial charge is 0.363 e. The number of nitrogens with zero attached hydrogens (tertiary/aromatic N) is 1. The number of methoxy groups -OCH3 is 1. The van der Waals surface area contributed by atoms with Gasteiger partial charge in [0.05, 0.1) is 7.11 Å². The molecule has 3 aromatic carbocycles. The maximum Gasteiger partial charge on any atom is 0.363 e. The number of aliphatic imine (C=N–C) groups is 1. The molecule has 0 saturated heterocycles. The van der Waals surface area contributed by atoms with Gasteiger partial charge in [-0.1, -0.05) is 48.5 Å². The molecule has 0 atom stereocenters. The highest BCUT2D eigenvalue weighted by Gasteiger charge is 2.24. The van der Waals surface area contributed by atoms with Crippen LogP contribution in [0.15, 0.2) is 77.4 Å². The van der Waals surface area contributed by atoms with Gasteiger partial charge in [0.1, 0.15) is 5.75 Å². The number of benzene rings is 3. The number of hydrogen-bond acceptors (Lipinski definition) is 4. The Morgan fingerprint density at radius 1 is 0.920 bits per heavy atom. The van der Waals surface area contributed by atoms with Crippen molar-refractivity contribution in [1.29, 1.82) is 0 Å². The highest BCUT2D eigenvalue weighted by atomic mass is 16.6. The van der Waals surface area contributed by atoms with E-state index in [4.69, 9.17) is 9.47 Å². The van der Waals surface area contributed by atoms with Gasteiger partial charge in [0, 0.05) is 10.9 Å². The van der Waals surface area contributed by atoms with Crippen LogP contribution < -0.4 is 4.74 Å². The Morgan fingerprint density at radius 2 is 1.64 bits per heavy atom. The van der Waals surface area contributed by atoms with E-state index in [2.05, 4.69) is 4.99 Å². The number of carbonyl (C=O) groups is 1. The van der Waals surface area contributed by atoms with Crippen molar-refractivity contribution in [2.75, 3.05) is 7.11 Å². The van der Waals surface area contributed by atoms with Gasteiger partial charge >= 0.3 is 5.97 Å². The second kappa shape index (κ2) is 6.24. The molecule has 25 heavy (non-hydrogen) atoms. The van der Waals surface area contributed by atoms with Crippen molar-refractivity contribution in [2.24, 2.45) is 4.99 Å². The zero-order chi connectivity index (χ0) is 17.2. The van der Waals surface area contributed by atoms with Crippen molar-refractivity contribution in [3.8, 4) is 5.75 Å². The molecule has 0 unspecified atom stereocenters. The van der Waals surface area contributed by atoms with Crippen molar-refractivity contribution in [3.05, 3.63) is 83.6 Å². The molecular weight excluding hydrogens is 314 g/mol. The molecule has 0 bridgehead atoms. The SMILES string of the molecule is COc1ccc(C=C2N=C(c3ccccc3)OC2=O)c2ccccc12. The zero-order valence-corrected chi connectivity index (χ0v) is 13.6. The van der Waals surface area contributed by atoms with Crippen LogP contribution in [0.3, 0.4) is 0 Å². The van der Waals surface area contributed by atoms with Gasteiger partial charge in [-0.2, -0.15) is 0 Å². The van der Waals surface area contributed by atoms with Crippen molar-refractivity contribution in [2.45, 2.75) is 0 Å². The van der Waals surface area contributed by atoms with Crippen LogP contribution in [0, 0.1) is 0 Å². The maximum absolute atomic E-state index is 12.2. The molecule has 122 valence electrons. The van der Waals surface area contributed by atoms with Crippen molar-refractivity contribution < 1.29 is 14.3 Å². The quantitative estimate of drug-likeness (QED) is 0.535. The van der Waals surface area contributed by atoms with Crippen LogP contribution in [-0.4, -0.2) is 19.0 Å². The molecule has 4 heteroatoms. The summed E-state index contributed by atoms with van der Waals surface area (Å²) in [7, 11) is 1.64. The lowest BCUT2D eigenvalue weighted by molar-refractivity contribution is -0.129. The summed E-state index contributed by atoms with van der Waals surface area (Å²) in [5.74, 6) is 0.675. The number of hydrogen-bond donors (Lipinski definition) is 0. The van der Waals surface area contributed by atoms with E-state index >= 15 is 0 Å². The first-order valence-electron chi connectivity index (χ1n) is 7.90. The van der Waals surface area contributed by atoms with E-state index in [9.17, 15) is 4.79 Å². The summed E-state index contributed by atoms with van der Waals surface area (Å²) in [6.45, 7) is 0. The molecule has 0 fully saturated rings. The molecular formula is C21H15NO3. The molecule has 0 aliphatic carbocycles. The van der Waals surface area contributed by atoms with E-state index < -0.39 is 5.97 Å². The molecule has 0 N–H and O–H groups in total. The Morgan fingerprint density at radius 3 is 2.40 bits per heavy atom. The molecule has 1 heterocycles. The van der Waals surface area contributed by atoms with Crippen LogP contribution >= 0.6 is 0 Å². The van der Waals surface area contributed by atoms with Gasteiger partial charge in [-0.05, 0) is 35.2 Å². The molecule has 1 aliphatic heterocycles. The van der Waals surface area contributed by atoms with Crippen LogP contribution in [0.25, 0.3) is 16.8 Å². The minimum absolute atomic E-state index is 0.286. The Balaban J connectivity index is 1.80. The Kier molecular flexibility index (Phi) is 3.78.